The van der Waals surface area contributed by atoms with E-state index in [0.29, 0.717) is 0 Å². The van der Waals surface area contributed by atoms with Crippen LogP contribution in [0.15, 0.2) is 53.6 Å². The quantitative estimate of drug-likeness (QED) is 0.470. The number of non-ortho nitro benzene ring substituents is 1. The first-order valence-electron chi connectivity index (χ1n) is 8.84. The minimum atomic E-state index is -0.385. The van der Waals surface area contributed by atoms with E-state index < -0.39 is 0 Å². The fourth-order valence-electron chi connectivity index (χ4n) is 3.04. The van der Waals surface area contributed by atoms with Crippen LogP contribution in [-0.2, 0) is 6.54 Å². The van der Waals surface area contributed by atoms with Gasteiger partial charge in [-0.15, -0.1) is 0 Å². The zero-order chi connectivity index (χ0) is 18.5. The summed E-state index contributed by atoms with van der Waals surface area (Å²) >= 11 is 0. The molecule has 0 aromatic heterocycles. The Morgan fingerprint density at radius 1 is 1.04 bits per heavy atom. The maximum absolute atomic E-state index is 10.7. The molecule has 3 rings (SSSR count). The van der Waals surface area contributed by atoms with Crippen molar-refractivity contribution in [2.75, 3.05) is 26.2 Å². The zero-order valence-corrected chi connectivity index (χ0v) is 15.3. The van der Waals surface area contributed by atoms with Gasteiger partial charge in [-0.25, -0.2) is 0 Å². The van der Waals surface area contributed by atoms with E-state index in [2.05, 4.69) is 46.2 Å². The summed E-state index contributed by atoms with van der Waals surface area (Å²) in [6.45, 7) is 8.75. The van der Waals surface area contributed by atoms with Crippen LogP contribution in [0.4, 0.5) is 5.69 Å². The predicted octanol–water partition coefficient (Wildman–Crippen LogP) is 3.45. The smallest absolute Gasteiger partial charge is 0.269 e. The summed E-state index contributed by atoms with van der Waals surface area (Å²) in [4.78, 5) is 12.8. The average molecular weight is 352 g/mol. The molecule has 0 amide bonds. The van der Waals surface area contributed by atoms with Crippen LogP contribution in [0.2, 0.25) is 0 Å². The van der Waals surface area contributed by atoms with E-state index in [1.807, 2.05) is 6.92 Å². The van der Waals surface area contributed by atoms with E-state index in [9.17, 15) is 10.1 Å². The Bertz CT molecular complexity index is 776. The Morgan fingerprint density at radius 3 is 2.23 bits per heavy atom. The highest BCUT2D eigenvalue weighted by Gasteiger charge is 2.16. The van der Waals surface area contributed by atoms with E-state index >= 15 is 0 Å². The second kappa shape index (κ2) is 8.10. The summed E-state index contributed by atoms with van der Waals surface area (Å²) in [6, 6.07) is 15.3. The van der Waals surface area contributed by atoms with Crippen molar-refractivity contribution in [3.8, 4) is 0 Å². The fourth-order valence-corrected chi connectivity index (χ4v) is 3.04. The highest BCUT2D eigenvalue weighted by molar-refractivity contribution is 5.98. The molecule has 2 aromatic carbocycles. The van der Waals surface area contributed by atoms with Gasteiger partial charge >= 0.3 is 0 Å². The third-order valence-electron chi connectivity index (χ3n) is 4.66. The third-order valence-corrected chi connectivity index (χ3v) is 4.66. The van der Waals surface area contributed by atoms with Crippen LogP contribution in [-0.4, -0.2) is 46.7 Å². The normalized spacial score (nSPS) is 15.9. The van der Waals surface area contributed by atoms with Gasteiger partial charge in [0.05, 0.1) is 10.6 Å². The first-order chi connectivity index (χ1) is 12.5. The largest absolute Gasteiger partial charge is 0.295 e. The van der Waals surface area contributed by atoms with E-state index in [1.54, 1.807) is 12.1 Å². The first kappa shape index (κ1) is 18.1. The minimum absolute atomic E-state index is 0.103. The second-order valence-electron chi connectivity index (χ2n) is 6.70. The number of hydrogen-bond acceptors (Lipinski definition) is 5. The van der Waals surface area contributed by atoms with Gasteiger partial charge in [0.1, 0.15) is 0 Å². The molecule has 0 atom stereocenters. The topological polar surface area (TPSA) is 62.0 Å². The lowest BCUT2D eigenvalue weighted by molar-refractivity contribution is -0.384. The number of aryl methyl sites for hydroxylation is 1. The van der Waals surface area contributed by atoms with Crippen molar-refractivity contribution in [3.05, 3.63) is 75.3 Å². The Hall–Kier alpha value is -2.73. The summed E-state index contributed by atoms with van der Waals surface area (Å²) in [6.07, 6.45) is 0. The molecule has 1 saturated heterocycles. The molecule has 2 aromatic rings. The monoisotopic (exact) mass is 352 g/mol. The Labute approximate surface area is 153 Å². The van der Waals surface area contributed by atoms with Crippen LogP contribution in [0, 0.1) is 17.0 Å². The molecule has 1 heterocycles. The number of nitro groups is 1. The predicted molar refractivity (Wildman–Crippen MR) is 103 cm³/mol. The molecule has 0 N–H and O–H groups in total. The van der Waals surface area contributed by atoms with Gasteiger partial charge < -0.3 is 0 Å². The SMILES string of the molecule is C/C(=N\N1CCN(Cc2ccc(C)cc2)CC1)c1ccc([N+](=O)[O-])cc1. The average Bonchev–Trinajstić information content (AvgIpc) is 2.65. The van der Waals surface area contributed by atoms with Gasteiger partial charge in [0.25, 0.3) is 5.69 Å². The van der Waals surface area contributed by atoms with Crippen molar-refractivity contribution in [2.45, 2.75) is 20.4 Å². The molecule has 1 aliphatic rings. The summed E-state index contributed by atoms with van der Waals surface area (Å²) in [7, 11) is 0. The Kier molecular flexibility index (Phi) is 5.63. The van der Waals surface area contributed by atoms with Crippen LogP contribution in [0.25, 0.3) is 0 Å². The summed E-state index contributed by atoms with van der Waals surface area (Å²) in [5.74, 6) is 0. The van der Waals surface area contributed by atoms with Gasteiger partial charge in [-0.2, -0.15) is 5.10 Å². The molecule has 0 unspecified atom stereocenters. The molecule has 1 aliphatic heterocycles. The van der Waals surface area contributed by atoms with E-state index in [-0.39, 0.29) is 10.6 Å². The molecule has 1 fully saturated rings. The summed E-state index contributed by atoms with van der Waals surface area (Å²) in [5, 5.41) is 17.5. The lowest BCUT2D eigenvalue weighted by Crippen LogP contribution is -2.43. The van der Waals surface area contributed by atoms with Gasteiger partial charge in [-0.1, -0.05) is 29.8 Å². The molecule has 6 nitrogen and oxygen atoms in total. The van der Waals surface area contributed by atoms with Crippen LogP contribution < -0.4 is 0 Å². The molecule has 0 spiro atoms. The number of piperazine rings is 1. The molecular formula is C20H24N4O2. The van der Waals surface area contributed by atoms with E-state index in [0.717, 1.165) is 44.0 Å². The van der Waals surface area contributed by atoms with Gasteiger partial charge in [0.2, 0.25) is 0 Å². The third kappa shape index (κ3) is 4.67. The van der Waals surface area contributed by atoms with E-state index in [4.69, 9.17) is 0 Å². The van der Waals surface area contributed by atoms with Crippen LogP contribution >= 0.6 is 0 Å². The molecule has 6 heteroatoms. The van der Waals surface area contributed by atoms with Gasteiger partial charge in [-0.3, -0.25) is 20.0 Å². The van der Waals surface area contributed by atoms with Crippen molar-refractivity contribution < 1.29 is 4.92 Å². The number of hydrazone groups is 1. The highest BCUT2D eigenvalue weighted by atomic mass is 16.6. The van der Waals surface area contributed by atoms with Gasteiger partial charge in [-0.05, 0) is 37.1 Å². The first-order valence-corrected chi connectivity index (χ1v) is 8.84. The van der Waals surface area contributed by atoms with Crippen molar-refractivity contribution in [2.24, 2.45) is 5.10 Å². The molecule has 136 valence electrons. The lowest BCUT2D eigenvalue weighted by atomic mass is 10.1. The number of nitrogens with zero attached hydrogens (tertiary/aromatic N) is 4. The van der Waals surface area contributed by atoms with Crippen molar-refractivity contribution >= 4 is 11.4 Å². The highest BCUT2D eigenvalue weighted by Crippen LogP contribution is 2.14. The number of rotatable bonds is 5. The standard InChI is InChI=1S/C20H24N4O2/c1-16-3-5-18(6-4-16)15-22-11-13-23(14-12-22)21-17(2)19-7-9-20(10-8-19)24(25)26/h3-10H,11-15H2,1-2H3/b21-17+. The molecule has 26 heavy (non-hydrogen) atoms. The number of hydrogen-bond donors (Lipinski definition) is 0. The van der Waals surface area contributed by atoms with Crippen LogP contribution in [0.3, 0.4) is 0 Å². The van der Waals surface area contributed by atoms with Crippen molar-refractivity contribution in [3.63, 3.8) is 0 Å². The van der Waals surface area contributed by atoms with Crippen LogP contribution in [0.5, 0.6) is 0 Å². The zero-order valence-electron chi connectivity index (χ0n) is 15.3. The number of benzene rings is 2. The molecule has 0 aliphatic carbocycles. The number of nitro benzene ring substituents is 1. The van der Waals surface area contributed by atoms with Crippen molar-refractivity contribution in [1.29, 1.82) is 0 Å². The molecule has 0 radical (unpaired) electrons. The summed E-state index contributed by atoms with van der Waals surface area (Å²) in [5.41, 5.74) is 4.53. The minimum Gasteiger partial charge on any atom is -0.295 e. The maximum Gasteiger partial charge on any atom is 0.269 e. The second-order valence-corrected chi connectivity index (χ2v) is 6.70. The molecule has 0 saturated carbocycles. The van der Waals surface area contributed by atoms with E-state index in [1.165, 1.54) is 23.3 Å². The fraction of sp³-hybridized carbons (Fsp3) is 0.350. The Morgan fingerprint density at radius 2 is 1.65 bits per heavy atom. The molecular weight excluding hydrogens is 328 g/mol. The van der Waals surface area contributed by atoms with Crippen LogP contribution in [0.1, 0.15) is 23.6 Å². The maximum atomic E-state index is 10.7. The Balaban J connectivity index is 1.54. The van der Waals surface area contributed by atoms with Gasteiger partial charge in [0, 0.05) is 44.9 Å². The van der Waals surface area contributed by atoms with Gasteiger partial charge in [0.15, 0.2) is 0 Å². The summed E-state index contributed by atoms with van der Waals surface area (Å²) < 4.78 is 0. The molecule has 0 bridgehead atoms. The van der Waals surface area contributed by atoms with Crippen molar-refractivity contribution in [1.82, 2.24) is 9.91 Å². The lowest BCUT2D eigenvalue weighted by Gasteiger charge is -2.33.